The van der Waals surface area contributed by atoms with E-state index in [1.54, 1.807) is 13.0 Å². The Labute approximate surface area is 199 Å². The van der Waals surface area contributed by atoms with E-state index in [0.717, 1.165) is 48.8 Å². The van der Waals surface area contributed by atoms with Gasteiger partial charge in [-0.3, -0.25) is 9.59 Å². The molecule has 33 heavy (non-hydrogen) atoms. The molecular formula is C26H27ClN4O2. The van der Waals surface area contributed by atoms with Crippen molar-refractivity contribution in [3.63, 3.8) is 0 Å². The van der Waals surface area contributed by atoms with Gasteiger partial charge in [-0.05, 0) is 61.0 Å². The Balaban J connectivity index is 1.44. The van der Waals surface area contributed by atoms with E-state index in [0.29, 0.717) is 16.3 Å². The van der Waals surface area contributed by atoms with Crippen LogP contribution < -0.4 is 15.5 Å². The van der Waals surface area contributed by atoms with Crippen molar-refractivity contribution in [2.45, 2.75) is 13.8 Å². The Bertz CT molecular complexity index is 1160. The first-order chi connectivity index (χ1) is 15.9. The van der Waals surface area contributed by atoms with Crippen LogP contribution in [0.4, 0.5) is 22.7 Å². The average Bonchev–Trinajstić information content (AvgIpc) is 2.83. The van der Waals surface area contributed by atoms with Crippen molar-refractivity contribution in [1.82, 2.24) is 4.90 Å². The number of carbonyl (C=O) groups excluding carboxylic acids is 2. The monoisotopic (exact) mass is 462 g/mol. The molecule has 0 bridgehead atoms. The van der Waals surface area contributed by atoms with Crippen LogP contribution in [0.3, 0.4) is 0 Å². The molecule has 3 aromatic carbocycles. The fourth-order valence-electron chi connectivity index (χ4n) is 3.91. The van der Waals surface area contributed by atoms with Crippen LogP contribution in [0.1, 0.15) is 22.8 Å². The summed E-state index contributed by atoms with van der Waals surface area (Å²) in [4.78, 5) is 28.7. The summed E-state index contributed by atoms with van der Waals surface area (Å²) in [6.45, 7) is 6.60. The molecule has 0 unspecified atom stereocenters. The van der Waals surface area contributed by atoms with E-state index < -0.39 is 0 Å². The highest BCUT2D eigenvalue weighted by Gasteiger charge is 2.19. The lowest BCUT2D eigenvalue weighted by molar-refractivity contribution is -0.129. The number of hydrogen-bond donors (Lipinski definition) is 2. The van der Waals surface area contributed by atoms with Gasteiger partial charge in [-0.25, -0.2) is 0 Å². The Hall–Kier alpha value is -3.51. The molecule has 1 aliphatic heterocycles. The summed E-state index contributed by atoms with van der Waals surface area (Å²) in [5.41, 5.74) is 4.84. The van der Waals surface area contributed by atoms with Gasteiger partial charge in [-0.15, -0.1) is 0 Å². The molecular weight excluding hydrogens is 436 g/mol. The van der Waals surface area contributed by atoms with E-state index in [-0.39, 0.29) is 11.8 Å². The minimum absolute atomic E-state index is 0.119. The van der Waals surface area contributed by atoms with Crippen LogP contribution in [0.5, 0.6) is 0 Å². The molecule has 4 rings (SSSR count). The second kappa shape index (κ2) is 9.96. The molecule has 7 heteroatoms. The number of anilines is 4. The van der Waals surface area contributed by atoms with Crippen molar-refractivity contribution in [3.8, 4) is 0 Å². The zero-order chi connectivity index (χ0) is 23.4. The van der Waals surface area contributed by atoms with Gasteiger partial charge < -0.3 is 20.4 Å². The molecule has 6 nitrogen and oxygen atoms in total. The fourth-order valence-corrected chi connectivity index (χ4v) is 4.09. The number of piperazine rings is 1. The lowest BCUT2D eigenvalue weighted by Gasteiger charge is -2.35. The number of amides is 2. The van der Waals surface area contributed by atoms with Crippen molar-refractivity contribution in [3.05, 3.63) is 82.9 Å². The summed E-state index contributed by atoms with van der Waals surface area (Å²) < 4.78 is 0. The number of hydrogen-bond acceptors (Lipinski definition) is 4. The number of nitrogens with zero attached hydrogens (tertiary/aromatic N) is 2. The van der Waals surface area contributed by atoms with Gasteiger partial charge in [0.15, 0.2) is 0 Å². The summed E-state index contributed by atoms with van der Waals surface area (Å²) >= 11 is 6.24. The molecule has 0 atom stereocenters. The molecule has 1 fully saturated rings. The minimum Gasteiger partial charge on any atom is -0.368 e. The maximum atomic E-state index is 13.0. The van der Waals surface area contributed by atoms with Crippen molar-refractivity contribution in [2.24, 2.45) is 0 Å². The standard InChI is InChI=1S/C26H27ClN4O2/c1-18-23(27)7-5-9-24(18)29-25-8-4-3-6-22(25)26(33)28-20-10-12-21(13-11-20)31-16-14-30(15-17-31)19(2)32/h3-13,29H,14-17H2,1-2H3,(H,28,33). The maximum absolute atomic E-state index is 13.0. The van der Waals surface area contributed by atoms with Gasteiger partial charge in [0.25, 0.3) is 5.91 Å². The van der Waals surface area contributed by atoms with Gasteiger partial charge in [0.2, 0.25) is 5.91 Å². The highest BCUT2D eigenvalue weighted by molar-refractivity contribution is 6.31. The van der Waals surface area contributed by atoms with Crippen LogP contribution in [-0.2, 0) is 4.79 Å². The molecule has 3 aromatic rings. The lowest BCUT2D eigenvalue weighted by atomic mass is 10.1. The fraction of sp³-hybridized carbons (Fsp3) is 0.231. The quantitative estimate of drug-likeness (QED) is 0.539. The van der Waals surface area contributed by atoms with Gasteiger partial charge in [0.1, 0.15) is 0 Å². The molecule has 0 radical (unpaired) electrons. The van der Waals surface area contributed by atoms with Gasteiger partial charge in [0.05, 0.1) is 11.3 Å². The van der Waals surface area contributed by atoms with E-state index in [1.807, 2.05) is 72.5 Å². The normalized spacial score (nSPS) is 13.5. The third-order valence-electron chi connectivity index (χ3n) is 5.92. The van der Waals surface area contributed by atoms with Crippen LogP contribution in [0, 0.1) is 6.92 Å². The van der Waals surface area contributed by atoms with Crippen molar-refractivity contribution in [2.75, 3.05) is 41.7 Å². The Morgan fingerprint density at radius 2 is 1.52 bits per heavy atom. The smallest absolute Gasteiger partial charge is 0.257 e. The minimum atomic E-state index is -0.194. The molecule has 0 aliphatic carbocycles. The number of halogens is 1. The molecule has 1 aliphatic rings. The summed E-state index contributed by atoms with van der Waals surface area (Å²) in [6.07, 6.45) is 0. The van der Waals surface area contributed by atoms with Gasteiger partial charge in [-0.1, -0.05) is 29.8 Å². The van der Waals surface area contributed by atoms with Crippen LogP contribution in [-0.4, -0.2) is 42.9 Å². The topological polar surface area (TPSA) is 64.7 Å². The number of carbonyl (C=O) groups is 2. The summed E-state index contributed by atoms with van der Waals surface area (Å²) in [7, 11) is 0. The number of rotatable bonds is 5. The summed E-state index contributed by atoms with van der Waals surface area (Å²) in [5.74, 6) is -0.0754. The molecule has 2 N–H and O–H groups in total. The third-order valence-corrected chi connectivity index (χ3v) is 6.33. The highest BCUT2D eigenvalue weighted by Crippen LogP contribution is 2.28. The first kappa shape index (κ1) is 22.7. The highest BCUT2D eigenvalue weighted by atomic mass is 35.5. The predicted molar refractivity (Wildman–Crippen MR) is 135 cm³/mol. The second-order valence-electron chi connectivity index (χ2n) is 8.08. The average molecular weight is 463 g/mol. The van der Waals surface area contributed by atoms with Crippen LogP contribution >= 0.6 is 11.6 Å². The molecule has 0 spiro atoms. The van der Waals surface area contributed by atoms with Crippen molar-refractivity contribution in [1.29, 1.82) is 0 Å². The van der Waals surface area contributed by atoms with E-state index in [2.05, 4.69) is 15.5 Å². The SMILES string of the molecule is CC(=O)N1CCN(c2ccc(NC(=O)c3ccccc3Nc3cccc(Cl)c3C)cc2)CC1. The van der Waals surface area contributed by atoms with E-state index in [9.17, 15) is 9.59 Å². The summed E-state index contributed by atoms with van der Waals surface area (Å²) in [6, 6.07) is 20.9. The lowest BCUT2D eigenvalue weighted by Crippen LogP contribution is -2.48. The number of benzene rings is 3. The summed E-state index contributed by atoms with van der Waals surface area (Å²) in [5, 5.41) is 6.99. The number of para-hydroxylation sites is 1. The first-order valence-corrected chi connectivity index (χ1v) is 11.3. The molecule has 1 saturated heterocycles. The number of nitrogens with one attached hydrogen (secondary N) is 2. The largest absolute Gasteiger partial charge is 0.368 e. The Morgan fingerprint density at radius 1 is 0.848 bits per heavy atom. The molecule has 0 saturated carbocycles. The van der Waals surface area contributed by atoms with E-state index >= 15 is 0 Å². The predicted octanol–water partition coefficient (Wildman–Crippen LogP) is 5.31. The van der Waals surface area contributed by atoms with Crippen LogP contribution in [0.15, 0.2) is 66.7 Å². The zero-order valence-corrected chi connectivity index (χ0v) is 19.5. The van der Waals surface area contributed by atoms with Gasteiger partial charge >= 0.3 is 0 Å². The van der Waals surface area contributed by atoms with E-state index in [4.69, 9.17) is 11.6 Å². The zero-order valence-electron chi connectivity index (χ0n) is 18.8. The Kier molecular flexibility index (Phi) is 6.84. The molecule has 170 valence electrons. The van der Waals surface area contributed by atoms with Crippen molar-refractivity contribution < 1.29 is 9.59 Å². The molecule has 1 heterocycles. The Morgan fingerprint density at radius 3 is 2.21 bits per heavy atom. The van der Waals surface area contributed by atoms with Crippen LogP contribution in [0.25, 0.3) is 0 Å². The molecule has 0 aromatic heterocycles. The van der Waals surface area contributed by atoms with Gasteiger partial charge in [-0.2, -0.15) is 0 Å². The van der Waals surface area contributed by atoms with Crippen molar-refractivity contribution >= 4 is 46.2 Å². The third kappa shape index (κ3) is 5.29. The van der Waals surface area contributed by atoms with E-state index in [1.165, 1.54) is 0 Å². The van der Waals surface area contributed by atoms with Gasteiger partial charge in [0, 0.05) is 55.2 Å². The first-order valence-electron chi connectivity index (χ1n) is 11.0. The molecule has 2 amide bonds. The maximum Gasteiger partial charge on any atom is 0.257 e. The van der Waals surface area contributed by atoms with Crippen LogP contribution in [0.2, 0.25) is 5.02 Å². The second-order valence-corrected chi connectivity index (χ2v) is 8.48.